The first-order chi connectivity index (χ1) is 11.3. The Morgan fingerprint density at radius 2 is 1.61 bits per heavy atom. The van der Waals surface area contributed by atoms with E-state index in [4.69, 9.17) is 4.74 Å². The quantitative estimate of drug-likeness (QED) is 0.860. The maximum atomic E-state index is 9.75. The van der Waals surface area contributed by atoms with Crippen LogP contribution in [-0.2, 0) is 24.4 Å². The number of phenols is 1. The van der Waals surface area contributed by atoms with E-state index in [-0.39, 0.29) is 0 Å². The zero-order valence-electron chi connectivity index (χ0n) is 13.4. The van der Waals surface area contributed by atoms with Gasteiger partial charge in [0.15, 0.2) is 0 Å². The van der Waals surface area contributed by atoms with Crippen LogP contribution in [-0.4, -0.2) is 36.3 Å². The van der Waals surface area contributed by atoms with Crippen LogP contribution in [0.5, 0.6) is 5.75 Å². The standard InChI is InChI=1S/C19H24N2O2/c22-19-4-2-1-3-18(19)14-20-13-16-5-7-17(8-6-16)15-21-9-11-23-12-10-21/h1-8,20,22H,9-15H2. The van der Waals surface area contributed by atoms with Crippen LogP contribution in [0.4, 0.5) is 0 Å². The first kappa shape index (κ1) is 16.0. The third kappa shape index (κ3) is 4.79. The van der Waals surface area contributed by atoms with Crippen molar-refractivity contribution in [3.63, 3.8) is 0 Å². The van der Waals surface area contributed by atoms with Gasteiger partial charge in [-0.3, -0.25) is 4.90 Å². The number of hydrogen-bond donors (Lipinski definition) is 2. The van der Waals surface area contributed by atoms with Gasteiger partial charge >= 0.3 is 0 Å². The second kappa shape index (κ2) is 8.11. The molecule has 2 aromatic rings. The number of ether oxygens (including phenoxy) is 1. The van der Waals surface area contributed by atoms with Crippen LogP contribution in [0.3, 0.4) is 0 Å². The average molecular weight is 312 g/mol. The molecule has 0 bridgehead atoms. The van der Waals surface area contributed by atoms with E-state index in [1.807, 2.05) is 18.2 Å². The fraction of sp³-hybridized carbons (Fsp3) is 0.368. The summed E-state index contributed by atoms with van der Waals surface area (Å²) in [5, 5.41) is 13.1. The summed E-state index contributed by atoms with van der Waals surface area (Å²) in [6.45, 7) is 6.18. The smallest absolute Gasteiger partial charge is 0.120 e. The minimum Gasteiger partial charge on any atom is -0.508 e. The van der Waals surface area contributed by atoms with Gasteiger partial charge < -0.3 is 15.2 Å². The minimum atomic E-state index is 0.348. The van der Waals surface area contributed by atoms with Crippen LogP contribution < -0.4 is 5.32 Å². The summed E-state index contributed by atoms with van der Waals surface area (Å²) in [6, 6.07) is 16.2. The van der Waals surface area contributed by atoms with Crippen molar-refractivity contribution in [2.75, 3.05) is 26.3 Å². The number of aromatic hydroxyl groups is 1. The summed E-state index contributed by atoms with van der Waals surface area (Å²) in [5.74, 6) is 0.348. The molecule has 0 spiro atoms. The van der Waals surface area contributed by atoms with E-state index < -0.39 is 0 Å². The van der Waals surface area contributed by atoms with Gasteiger partial charge in [0.25, 0.3) is 0 Å². The highest BCUT2D eigenvalue weighted by atomic mass is 16.5. The lowest BCUT2D eigenvalue weighted by molar-refractivity contribution is 0.0342. The fourth-order valence-corrected chi connectivity index (χ4v) is 2.78. The SMILES string of the molecule is Oc1ccccc1CNCc1ccc(CN2CCOCC2)cc1. The van der Waals surface area contributed by atoms with Crippen molar-refractivity contribution in [2.45, 2.75) is 19.6 Å². The number of nitrogens with one attached hydrogen (secondary N) is 1. The molecule has 0 amide bonds. The maximum Gasteiger partial charge on any atom is 0.120 e. The molecule has 3 rings (SSSR count). The van der Waals surface area contributed by atoms with Crippen LogP contribution in [0.25, 0.3) is 0 Å². The Morgan fingerprint density at radius 3 is 2.35 bits per heavy atom. The van der Waals surface area contributed by atoms with Crippen molar-refractivity contribution in [3.8, 4) is 5.75 Å². The molecule has 4 heteroatoms. The summed E-state index contributed by atoms with van der Waals surface area (Å²) >= 11 is 0. The third-order valence-electron chi connectivity index (χ3n) is 4.17. The molecule has 0 atom stereocenters. The van der Waals surface area contributed by atoms with Gasteiger partial charge in [0.2, 0.25) is 0 Å². The molecule has 2 N–H and O–H groups in total. The Hall–Kier alpha value is -1.88. The number of benzene rings is 2. The number of morpholine rings is 1. The molecule has 0 aliphatic carbocycles. The average Bonchev–Trinajstić information content (AvgIpc) is 2.59. The lowest BCUT2D eigenvalue weighted by atomic mass is 10.1. The molecule has 0 unspecified atom stereocenters. The number of nitrogens with zero attached hydrogens (tertiary/aromatic N) is 1. The van der Waals surface area contributed by atoms with E-state index in [0.29, 0.717) is 12.3 Å². The molecule has 23 heavy (non-hydrogen) atoms. The summed E-state index contributed by atoms with van der Waals surface area (Å²) in [5.41, 5.74) is 3.53. The van der Waals surface area contributed by atoms with Gasteiger partial charge in [0.05, 0.1) is 13.2 Å². The molecule has 1 saturated heterocycles. The largest absolute Gasteiger partial charge is 0.508 e. The molecule has 4 nitrogen and oxygen atoms in total. The Kier molecular flexibility index (Phi) is 5.64. The predicted octanol–water partition coefficient (Wildman–Crippen LogP) is 2.51. The Morgan fingerprint density at radius 1 is 0.913 bits per heavy atom. The zero-order chi connectivity index (χ0) is 15.9. The van der Waals surface area contributed by atoms with E-state index in [9.17, 15) is 5.11 Å². The van der Waals surface area contributed by atoms with Crippen molar-refractivity contribution in [2.24, 2.45) is 0 Å². The Bertz CT molecular complexity index is 607. The molecule has 2 aromatic carbocycles. The van der Waals surface area contributed by atoms with Crippen molar-refractivity contribution < 1.29 is 9.84 Å². The second-order valence-electron chi connectivity index (χ2n) is 5.94. The van der Waals surface area contributed by atoms with Crippen molar-refractivity contribution >= 4 is 0 Å². The normalized spacial score (nSPS) is 15.7. The van der Waals surface area contributed by atoms with Gasteiger partial charge in [-0.25, -0.2) is 0 Å². The molecule has 122 valence electrons. The summed E-state index contributed by atoms with van der Waals surface area (Å²) in [6.07, 6.45) is 0. The molecule has 1 aliphatic rings. The van der Waals surface area contributed by atoms with Crippen LogP contribution >= 0.6 is 0 Å². The highest BCUT2D eigenvalue weighted by Crippen LogP contribution is 2.15. The highest BCUT2D eigenvalue weighted by Gasteiger charge is 2.10. The number of para-hydroxylation sites is 1. The predicted molar refractivity (Wildman–Crippen MR) is 91.2 cm³/mol. The second-order valence-corrected chi connectivity index (χ2v) is 5.94. The van der Waals surface area contributed by atoms with Crippen LogP contribution in [0.1, 0.15) is 16.7 Å². The molecular formula is C19H24N2O2. The van der Waals surface area contributed by atoms with E-state index in [0.717, 1.165) is 45.0 Å². The molecule has 1 heterocycles. The van der Waals surface area contributed by atoms with E-state index in [2.05, 4.69) is 34.5 Å². The highest BCUT2D eigenvalue weighted by molar-refractivity contribution is 5.31. The molecule has 0 aromatic heterocycles. The summed E-state index contributed by atoms with van der Waals surface area (Å²) in [4.78, 5) is 2.43. The van der Waals surface area contributed by atoms with Crippen LogP contribution in [0.15, 0.2) is 48.5 Å². The number of rotatable bonds is 6. The van der Waals surface area contributed by atoms with E-state index in [1.165, 1.54) is 11.1 Å². The van der Waals surface area contributed by atoms with Crippen molar-refractivity contribution in [3.05, 3.63) is 65.2 Å². The molecule has 1 aliphatic heterocycles. The molecule has 0 saturated carbocycles. The Balaban J connectivity index is 1.46. The van der Waals surface area contributed by atoms with Gasteiger partial charge in [-0.15, -0.1) is 0 Å². The number of hydrogen-bond acceptors (Lipinski definition) is 4. The minimum absolute atomic E-state index is 0.348. The van der Waals surface area contributed by atoms with Gasteiger partial charge in [0.1, 0.15) is 5.75 Å². The van der Waals surface area contributed by atoms with Crippen molar-refractivity contribution in [1.29, 1.82) is 0 Å². The molecule has 0 radical (unpaired) electrons. The topological polar surface area (TPSA) is 44.7 Å². The lowest BCUT2D eigenvalue weighted by Crippen LogP contribution is -2.35. The van der Waals surface area contributed by atoms with E-state index >= 15 is 0 Å². The first-order valence-electron chi connectivity index (χ1n) is 8.17. The molecular weight excluding hydrogens is 288 g/mol. The summed E-state index contributed by atoms with van der Waals surface area (Å²) in [7, 11) is 0. The maximum absolute atomic E-state index is 9.75. The van der Waals surface area contributed by atoms with Gasteiger partial charge in [-0.1, -0.05) is 42.5 Å². The van der Waals surface area contributed by atoms with Gasteiger partial charge in [-0.2, -0.15) is 0 Å². The van der Waals surface area contributed by atoms with Gasteiger partial charge in [0, 0.05) is 38.3 Å². The number of phenolic OH excluding ortho intramolecular Hbond substituents is 1. The van der Waals surface area contributed by atoms with Gasteiger partial charge in [-0.05, 0) is 17.2 Å². The van der Waals surface area contributed by atoms with Crippen LogP contribution in [0, 0.1) is 0 Å². The van der Waals surface area contributed by atoms with E-state index in [1.54, 1.807) is 6.07 Å². The third-order valence-corrected chi connectivity index (χ3v) is 4.17. The Labute approximate surface area is 137 Å². The summed E-state index contributed by atoms with van der Waals surface area (Å²) < 4.78 is 5.38. The molecule has 1 fully saturated rings. The zero-order valence-corrected chi connectivity index (χ0v) is 13.4. The fourth-order valence-electron chi connectivity index (χ4n) is 2.78. The monoisotopic (exact) mass is 312 g/mol. The van der Waals surface area contributed by atoms with Crippen LogP contribution in [0.2, 0.25) is 0 Å². The lowest BCUT2D eigenvalue weighted by Gasteiger charge is -2.26. The first-order valence-corrected chi connectivity index (χ1v) is 8.17. The van der Waals surface area contributed by atoms with Crippen molar-refractivity contribution in [1.82, 2.24) is 10.2 Å².